The molecule has 2 aromatic carbocycles. The Balaban J connectivity index is 2.46. The van der Waals surface area contributed by atoms with E-state index in [0.717, 1.165) is 5.56 Å². The molecule has 0 aliphatic carbocycles. The number of rotatable bonds is 5. The van der Waals surface area contributed by atoms with Gasteiger partial charge in [0.1, 0.15) is 5.75 Å². The minimum atomic E-state index is -0.146. The summed E-state index contributed by atoms with van der Waals surface area (Å²) in [5.41, 5.74) is 2.88. The zero-order valence-electron chi connectivity index (χ0n) is 12.0. The van der Waals surface area contributed by atoms with Crippen molar-refractivity contribution < 1.29 is 9.53 Å². The van der Waals surface area contributed by atoms with Gasteiger partial charge in [-0.05, 0) is 23.3 Å². The van der Waals surface area contributed by atoms with Crippen molar-refractivity contribution in [3.63, 3.8) is 0 Å². The predicted octanol–water partition coefficient (Wildman–Crippen LogP) is 3.59. The Morgan fingerprint density at radius 1 is 1.05 bits per heavy atom. The summed E-state index contributed by atoms with van der Waals surface area (Å²) >= 11 is 0. The number of carbonyl (C=O) groups is 1. The number of ether oxygens (including phenoxy) is 1. The number of carbonyl (C=O) groups excluding carboxylic acids is 1. The van der Waals surface area contributed by atoms with Crippen LogP contribution in [-0.2, 0) is 10.2 Å². The van der Waals surface area contributed by atoms with Gasteiger partial charge < -0.3 is 10.1 Å². The molecule has 0 atom stereocenters. The number of amides is 1. The molecule has 0 bridgehead atoms. The van der Waals surface area contributed by atoms with Gasteiger partial charge in [-0.25, -0.2) is 0 Å². The Kier molecular flexibility index (Phi) is 4.08. The highest BCUT2D eigenvalue weighted by molar-refractivity contribution is 5.76. The van der Waals surface area contributed by atoms with E-state index < -0.39 is 0 Å². The Labute approximate surface area is 119 Å². The first-order valence-corrected chi connectivity index (χ1v) is 6.54. The van der Waals surface area contributed by atoms with Crippen molar-refractivity contribution in [1.29, 1.82) is 0 Å². The van der Waals surface area contributed by atoms with Crippen molar-refractivity contribution in [3.05, 3.63) is 59.7 Å². The van der Waals surface area contributed by atoms with E-state index in [4.69, 9.17) is 4.74 Å². The summed E-state index contributed by atoms with van der Waals surface area (Å²) in [7, 11) is 1.59. The minimum Gasteiger partial charge on any atom is -0.495 e. The van der Waals surface area contributed by atoms with Crippen LogP contribution < -0.4 is 10.1 Å². The second-order valence-corrected chi connectivity index (χ2v) is 5.17. The average Bonchev–Trinajstić information content (AvgIpc) is 2.48. The molecule has 0 spiro atoms. The third-order valence-corrected chi connectivity index (χ3v) is 3.63. The molecule has 2 rings (SSSR count). The molecule has 3 nitrogen and oxygen atoms in total. The number of methoxy groups -OCH3 is 1. The van der Waals surface area contributed by atoms with Crippen LogP contribution in [0.4, 0.5) is 5.69 Å². The van der Waals surface area contributed by atoms with Crippen LogP contribution in [0.1, 0.15) is 25.0 Å². The fraction of sp³-hybridized carbons (Fsp3) is 0.235. The van der Waals surface area contributed by atoms with Crippen LogP contribution in [0.5, 0.6) is 5.75 Å². The molecule has 3 heteroatoms. The van der Waals surface area contributed by atoms with Crippen LogP contribution in [-0.4, -0.2) is 13.5 Å². The molecule has 1 amide bonds. The Morgan fingerprint density at radius 3 is 2.35 bits per heavy atom. The zero-order chi connectivity index (χ0) is 14.6. The van der Waals surface area contributed by atoms with Gasteiger partial charge in [0.2, 0.25) is 6.41 Å². The monoisotopic (exact) mass is 269 g/mol. The maximum absolute atomic E-state index is 10.7. The summed E-state index contributed by atoms with van der Waals surface area (Å²) < 4.78 is 5.25. The lowest BCUT2D eigenvalue weighted by Crippen LogP contribution is -2.19. The van der Waals surface area contributed by atoms with Crippen LogP contribution in [0.25, 0.3) is 0 Å². The Hall–Kier alpha value is -2.29. The molecule has 0 saturated carbocycles. The second-order valence-electron chi connectivity index (χ2n) is 5.17. The van der Waals surface area contributed by atoms with E-state index in [-0.39, 0.29) is 5.41 Å². The van der Waals surface area contributed by atoms with E-state index in [1.54, 1.807) is 7.11 Å². The molecule has 0 heterocycles. The average molecular weight is 269 g/mol. The van der Waals surface area contributed by atoms with E-state index >= 15 is 0 Å². The van der Waals surface area contributed by atoms with Crippen LogP contribution in [0.3, 0.4) is 0 Å². The molecule has 20 heavy (non-hydrogen) atoms. The van der Waals surface area contributed by atoms with Crippen LogP contribution >= 0.6 is 0 Å². The van der Waals surface area contributed by atoms with E-state index in [1.807, 2.05) is 36.4 Å². The number of nitrogens with one attached hydrogen (secondary N) is 1. The van der Waals surface area contributed by atoms with Gasteiger partial charge >= 0.3 is 0 Å². The zero-order valence-corrected chi connectivity index (χ0v) is 12.0. The smallest absolute Gasteiger partial charge is 0.211 e. The second kappa shape index (κ2) is 5.78. The van der Waals surface area contributed by atoms with Crippen molar-refractivity contribution >= 4 is 12.1 Å². The minimum absolute atomic E-state index is 0.146. The lowest BCUT2D eigenvalue weighted by atomic mass is 9.78. The molecule has 0 saturated heterocycles. The van der Waals surface area contributed by atoms with Gasteiger partial charge in [0.05, 0.1) is 12.8 Å². The predicted molar refractivity (Wildman–Crippen MR) is 81.3 cm³/mol. The molecule has 0 radical (unpaired) electrons. The number of hydrogen-bond donors (Lipinski definition) is 1. The largest absolute Gasteiger partial charge is 0.495 e. The summed E-state index contributed by atoms with van der Waals surface area (Å²) in [4.78, 5) is 10.7. The number of benzene rings is 2. The normalized spacial score (nSPS) is 10.9. The van der Waals surface area contributed by atoms with Crippen molar-refractivity contribution in [1.82, 2.24) is 0 Å². The van der Waals surface area contributed by atoms with E-state index in [1.165, 1.54) is 5.56 Å². The first kappa shape index (κ1) is 14.1. The fourth-order valence-corrected chi connectivity index (χ4v) is 2.29. The van der Waals surface area contributed by atoms with Crippen molar-refractivity contribution in [2.45, 2.75) is 19.3 Å². The molecule has 1 N–H and O–H groups in total. The van der Waals surface area contributed by atoms with Gasteiger partial charge in [-0.15, -0.1) is 0 Å². The van der Waals surface area contributed by atoms with Gasteiger partial charge in [0, 0.05) is 5.41 Å². The molecule has 0 aliphatic rings. The summed E-state index contributed by atoms with van der Waals surface area (Å²) in [5, 5.41) is 2.69. The van der Waals surface area contributed by atoms with Crippen LogP contribution in [0.15, 0.2) is 48.5 Å². The highest BCUT2D eigenvalue weighted by Gasteiger charge is 2.23. The van der Waals surface area contributed by atoms with E-state index in [9.17, 15) is 4.79 Å². The third kappa shape index (κ3) is 2.67. The number of anilines is 1. The van der Waals surface area contributed by atoms with E-state index in [0.29, 0.717) is 17.8 Å². The van der Waals surface area contributed by atoms with Crippen molar-refractivity contribution in [2.75, 3.05) is 12.4 Å². The summed E-state index contributed by atoms with van der Waals surface area (Å²) in [6.07, 6.45) is 0.664. The molecule has 0 aromatic heterocycles. The Morgan fingerprint density at radius 2 is 1.75 bits per heavy atom. The molecular formula is C17H19NO2. The lowest BCUT2D eigenvalue weighted by molar-refractivity contribution is -0.105. The molecular weight excluding hydrogens is 250 g/mol. The standard InChI is InChI=1S/C17H19NO2/c1-17(2,13-7-5-4-6-8-13)14-9-10-16(20-3)15(11-14)18-12-19/h4-12H,1-3H3,(H,18,19). The van der Waals surface area contributed by atoms with Crippen molar-refractivity contribution in [2.24, 2.45) is 0 Å². The maximum Gasteiger partial charge on any atom is 0.211 e. The summed E-state index contributed by atoms with van der Waals surface area (Å²) in [6.45, 7) is 4.32. The van der Waals surface area contributed by atoms with Gasteiger partial charge in [-0.1, -0.05) is 50.2 Å². The van der Waals surface area contributed by atoms with Gasteiger partial charge in [0.15, 0.2) is 0 Å². The number of hydrogen-bond acceptors (Lipinski definition) is 2. The highest BCUT2D eigenvalue weighted by Crippen LogP contribution is 2.35. The first-order chi connectivity index (χ1) is 9.59. The SMILES string of the molecule is COc1ccc(C(C)(C)c2ccccc2)cc1NC=O. The van der Waals surface area contributed by atoms with Crippen molar-refractivity contribution in [3.8, 4) is 5.75 Å². The van der Waals surface area contributed by atoms with Gasteiger partial charge in [-0.2, -0.15) is 0 Å². The molecule has 0 fully saturated rings. The Bertz CT molecular complexity index is 591. The molecule has 104 valence electrons. The van der Waals surface area contributed by atoms with Crippen LogP contribution in [0.2, 0.25) is 0 Å². The van der Waals surface area contributed by atoms with E-state index in [2.05, 4.69) is 31.3 Å². The summed E-state index contributed by atoms with van der Waals surface area (Å²) in [5.74, 6) is 0.657. The first-order valence-electron chi connectivity index (χ1n) is 6.54. The third-order valence-electron chi connectivity index (χ3n) is 3.63. The maximum atomic E-state index is 10.7. The molecule has 2 aromatic rings. The fourth-order valence-electron chi connectivity index (χ4n) is 2.29. The molecule has 0 aliphatic heterocycles. The highest BCUT2D eigenvalue weighted by atomic mass is 16.5. The lowest BCUT2D eigenvalue weighted by Gasteiger charge is -2.27. The van der Waals surface area contributed by atoms with Gasteiger partial charge in [0.25, 0.3) is 0 Å². The summed E-state index contributed by atoms with van der Waals surface area (Å²) in [6, 6.07) is 16.2. The van der Waals surface area contributed by atoms with Crippen LogP contribution in [0, 0.1) is 0 Å². The quantitative estimate of drug-likeness (QED) is 0.842. The van der Waals surface area contributed by atoms with Gasteiger partial charge in [-0.3, -0.25) is 4.79 Å². The topological polar surface area (TPSA) is 38.3 Å². The molecule has 0 unspecified atom stereocenters.